The normalized spacial score (nSPS) is 13.4. The molecule has 1 aliphatic carbocycles. The van der Waals surface area contributed by atoms with Crippen LogP contribution < -0.4 is 4.74 Å². The summed E-state index contributed by atoms with van der Waals surface area (Å²) in [4.78, 5) is 0. The summed E-state index contributed by atoms with van der Waals surface area (Å²) in [7, 11) is 1.73. The highest BCUT2D eigenvalue weighted by molar-refractivity contribution is 5.44. The molecule has 0 fully saturated rings. The lowest BCUT2D eigenvalue weighted by atomic mass is 9.99. The van der Waals surface area contributed by atoms with Gasteiger partial charge in [0.1, 0.15) is 5.75 Å². The molecule has 0 saturated carbocycles. The minimum absolute atomic E-state index is 0.968. The second kappa shape index (κ2) is 4.49. The molecule has 0 atom stereocenters. The molecule has 0 bridgehead atoms. The summed E-state index contributed by atoms with van der Waals surface area (Å²) in [6, 6.07) is 13.3. The smallest absolute Gasteiger partial charge is 0.119 e. The van der Waals surface area contributed by atoms with Gasteiger partial charge in [0.05, 0.1) is 7.11 Å². The second-order valence-electron chi connectivity index (χ2n) is 5.08. The number of aryl methyl sites for hydroxylation is 3. The third-order valence-corrected chi connectivity index (χ3v) is 3.82. The summed E-state index contributed by atoms with van der Waals surface area (Å²) in [6.45, 7) is 2.17. The standard InChI is InChI=1S/C17H18O/c1-12-3-4-14-10-15-7-8-17(18-2)11-16(15)6-5-13(14)9-12/h3-4,7-9,11H,5-6,10H2,1-2H3. The molecule has 0 unspecified atom stereocenters. The average Bonchev–Trinajstić information content (AvgIpc) is 2.57. The van der Waals surface area contributed by atoms with Crippen LogP contribution in [0.2, 0.25) is 0 Å². The van der Waals surface area contributed by atoms with Crippen LogP contribution in [0.25, 0.3) is 0 Å². The Labute approximate surface area is 108 Å². The van der Waals surface area contributed by atoms with Crippen molar-refractivity contribution in [3.05, 3.63) is 64.2 Å². The van der Waals surface area contributed by atoms with Crippen molar-refractivity contribution in [2.24, 2.45) is 0 Å². The zero-order valence-electron chi connectivity index (χ0n) is 11.0. The monoisotopic (exact) mass is 238 g/mol. The van der Waals surface area contributed by atoms with Crippen molar-refractivity contribution in [1.82, 2.24) is 0 Å². The van der Waals surface area contributed by atoms with Crippen molar-refractivity contribution >= 4 is 0 Å². The van der Waals surface area contributed by atoms with Gasteiger partial charge in [-0.15, -0.1) is 0 Å². The van der Waals surface area contributed by atoms with E-state index in [1.165, 1.54) is 27.8 Å². The number of hydrogen-bond acceptors (Lipinski definition) is 1. The Balaban J connectivity index is 2.02. The van der Waals surface area contributed by atoms with Gasteiger partial charge in [-0.2, -0.15) is 0 Å². The van der Waals surface area contributed by atoms with Gasteiger partial charge in [0, 0.05) is 0 Å². The zero-order chi connectivity index (χ0) is 12.5. The predicted molar refractivity (Wildman–Crippen MR) is 74.4 cm³/mol. The SMILES string of the molecule is COc1ccc2c(c1)CCc1cc(C)ccc1C2. The number of methoxy groups -OCH3 is 1. The lowest BCUT2D eigenvalue weighted by Crippen LogP contribution is -1.93. The average molecular weight is 238 g/mol. The molecule has 1 heteroatoms. The van der Waals surface area contributed by atoms with Gasteiger partial charge in [-0.3, -0.25) is 0 Å². The van der Waals surface area contributed by atoms with Gasteiger partial charge in [-0.05, 0) is 60.6 Å². The fraction of sp³-hybridized carbons (Fsp3) is 0.294. The van der Waals surface area contributed by atoms with Crippen LogP contribution in [-0.2, 0) is 19.3 Å². The number of benzene rings is 2. The Morgan fingerprint density at radius 1 is 0.833 bits per heavy atom. The zero-order valence-corrected chi connectivity index (χ0v) is 11.0. The first-order valence-electron chi connectivity index (χ1n) is 6.50. The maximum Gasteiger partial charge on any atom is 0.119 e. The number of hydrogen-bond donors (Lipinski definition) is 0. The molecule has 2 aromatic rings. The van der Waals surface area contributed by atoms with Crippen LogP contribution in [0, 0.1) is 6.92 Å². The number of fused-ring (bicyclic) bond motifs is 2. The highest BCUT2D eigenvalue weighted by atomic mass is 16.5. The van der Waals surface area contributed by atoms with Gasteiger partial charge in [-0.1, -0.05) is 29.8 Å². The van der Waals surface area contributed by atoms with E-state index in [-0.39, 0.29) is 0 Å². The molecule has 1 aliphatic rings. The first kappa shape index (κ1) is 11.3. The maximum atomic E-state index is 5.32. The van der Waals surface area contributed by atoms with Crippen molar-refractivity contribution in [3.63, 3.8) is 0 Å². The Hall–Kier alpha value is -1.76. The van der Waals surface area contributed by atoms with Gasteiger partial charge < -0.3 is 4.74 Å². The molecule has 0 saturated heterocycles. The summed E-state index contributed by atoms with van der Waals surface area (Å²) in [5, 5.41) is 0. The van der Waals surface area contributed by atoms with Crippen molar-refractivity contribution in [2.45, 2.75) is 26.2 Å². The van der Waals surface area contributed by atoms with E-state index in [9.17, 15) is 0 Å². The van der Waals surface area contributed by atoms with Crippen molar-refractivity contribution in [1.29, 1.82) is 0 Å². The van der Waals surface area contributed by atoms with Crippen LogP contribution >= 0.6 is 0 Å². The van der Waals surface area contributed by atoms with Crippen LogP contribution in [0.15, 0.2) is 36.4 Å². The Morgan fingerprint density at radius 3 is 2.22 bits per heavy atom. The minimum Gasteiger partial charge on any atom is -0.497 e. The highest BCUT2D eigenvalue weighted by Gasteiger charge is 2.13. The van der Waals surface area contributed by atoms with Gasteiger partial charge in [0.2, 0.25) is 0 Å². The molecule has 0 spiro atoms. The first-order valence-corrected chi connectivity index (χ1v) is 6.50. The molecule has 0 radical (unpaired) electrons. The summed E-state index contributed by atoms with van der Waals surface area (Å²) < 4.78 is 5.32. The fourth-order valence-corrected chi connectivity index (χ4v) is 2.77. The van der Waals surface area contributed by atoms with E-state index < -0.39 is 0 Å². The minimum atomic E-state index is 0.968. The quantitative estimate of drug-likeness (QED) is 0.736. The van der Waals surface area contributed by atoms with E-state index in [1.807, 2.05) is 0 Å². The largest absolute Gasteiger partial charge is 0.497 e. The van der Waals surface area contributed by atoms with E-state index in [2.05, 4.69) is 43.3 Å². The predicted octanol–water partition coefficient (Wildman–Crippen LogP) is 3.69. The molecular weight excluding hydrogens is 220 g/mol. The Bertz CT molecular complexity index is 584. The van der Waals surface area contributed by atoms with E-state index in [0.717, 1.165) is 25.0 Å². The van der Waals surface area contributed by atoms with E-state index >= 15 is 0 Å². The van der Waals surface area contributed by atoms with Crippen molar-refractivity contribution < 1.29 is 4.74 Å². The molecule has 2 aromatic carbocycles. The number of ether oxygens (including phenoxy) is 1. The molecule has 0 N–H and O–H groups in total. The highest BCUT2D eigenvalue weighted by Crippen LogP contribution is 2.27. The summed E-state index contributed by atoms with van der Waals surface area (Å²) in [5.41, 5.74) is 7.22. The summed E-state index contributed by atoms with van der Waals surface area (Å²) >= 11 is 0. The molecule has 0 heterocycles. The van der Waals surface area contributed by atoms with Crippen LogP contribution in [-0.4, -0.2) is 7.11 Å². The molecule has 3 rings (SSSR count). The molecule has 0 aromatic heterocycles. The van der Waals surface area contributed by atoms with Gasteiger partial charge in [-0.25, -0.2) is 0 Å². The molecule has 0 aliphatic heterocycles. The lowest BCUT2D eigenvalue weighted by molar-refractivity contribution is 0.414. The fourth-order valence-electron chi connectivity index (χ4n) is 2.77. The van der Waals surface area contributed by atoms with Crippen molar-refractivity contribution in [2.75, 3.05) is 7.11 Å². The van der Waals surface area contributed by atoms with Gasteiger partial charge in [0.25, 0.3) is 0 Å². The topological polar surface area (TPSA) is 9.23 Å². The Kier molecular flexibility index (Phi) is 2.83. The first-order chi connectivity index (χ1) is 8.76. The third kappa shape index (κ3) is 2.01. The lowest BCUT2D eigenvalue weighted by Gasteiger charge is -2.08. The van der Waals surface area contributed by atoms with Crippen molar-refractivity contribution in [3.8, 4) is 5.75 Å². The van der Waals surface area contributed by atoms with E-state index in [1.54, 1.807) is 7.11 Å². The maximum absolute atomic E-state index is 5.32. The van der Waals surface area contributed by atoms with E-state index in [4.69, 9.17) is 4.74 Å². The third-order valence-electron chi connectivity index (χ3n) is 3.82. The van der Waals surface area contributed by atoms with Gasteiger partial charge >= 0.3 is 0 Å². The number of rotatable bonds is 1. The molecule has 18 heavy (non-hydrogen) atoms. The van der Waals surface area contributed by atoms with Crippen LogP contribution in [0.1, 0.15) is 27.8 Å². The van der Waals surface area contributed by atoms with Gasteiger partial charge in [0.15, 0.2) is 0 Å². The van der Waals surface area contributed by atoms with Crippen LogP contribution in [0.5, 0.6) is 5.75 Å². The molecule has 92 valence electrons. The molecular formula is C17H18O. The van der Waals surface area contributed by atoms with Crippen LogP contribution in [0.4, 0.5) is 0 Å². The summed E-state index contributed by atoms with van der Waals surface area (Å²) in [6.07, 6.45) is 3.30. The Morgan fingerprint density at radius 2 is 1.50 bits per heavy atom. The second-order valence-corrected chi connectivity index (χ2v) is 5.08. The summed E-state index contributed by atoms with van der Waals surface area (Å²) in [5.74, 6) is 0.968. The molecule has 1 nitrogen and oxygen atoms in total. The van der Waals surface area contributed by atoms with E-state index in [0.29, 0.717) is 0 Å². The van der Waals surface area contributed by atoms with Crippen LogP contribution in [0.3, 0.4) is 0 Å². The molecule has 0 amide bonds.